The largest absolute Gasteiger partial charge is 0.444 e. The van der Waals surface area contributed by atoms with Crippen LogP contribution < -0.4 is 0 Å². The first kappa shape index (κ1) is 26.0. The molecule has 2 aliphatic rings. The highest BCUT2D eigenvalue weighted by Crippen LogP contribution is 2.18. The van der Waals surface area contributed by atoms with Crippen LogP contribution in [0.15, 0.2) is 35.2 Å². The molecule has 11 heteroatoms. The third-order valence-corrected chi connectivity index (χ3v) is 7.72. The Morgan fingerprint density at radius 2 is 1.21 bits per heavy atom. The molecule has 0 aliphatic carbocycles. The number of rotatable bonds is 5. The van der Waals surface area contributed by atoms with E-state index < -0.39 is 15.6 Å². The smallest absolute Gasteiger partial charge is 0.410 e. The van der Waals surface area contributed by atoms with Crippen molar-refractivity contribution in [3.8, 4) is 0 Å². The minimum absolute atomic E-state index is 0.0799. The number of ether oxygens (including phenoxy) is 1. The standard InChI is InChI=1S/C23H34N4O6S/c1-23(2,3)33-22(30)26-13-11-24(12-14-26)20(28)9-10-21(29)25-15-17-27(18-16-25)34(31,32)19-7-5-4-6-8-19/h4-8H,9-18H2,1-3H3. The molecule has 0 bridgehead atoms. The Labute approximate surface area is 201 Å². The number of benzene rings is 1. The van der Waals surface area contributed by atoms with Crippen LogP contribution in [0.5, 0.6) is 0 Å². The van der Waals surface area contributed by atoms with E-state index in [1.54, 1.807) is 45.0 Å². The summed E-state index contributed by atoms with van der Waals surface area (Å²) >= 11 is 0. The molecule has 188 valence electrons. The maximum absolute atomic E-state index is 12.7. The molecule has 0 N–H and O–H groups in total. The van der Waals surface area contributed by atoms with Gasteiger partial charge in [0.15, 0.2) is 0 Å². The van der Waals surface area contributed by atoms with Gasteiger partial charge in [-0.15, -0.1) is 0 Å². The average Bonchev–Trinajstić information content (AvgIpc) is 2.82. The number of carbonyl (C=O) groups is 3. The molecule has 0 aromatic heterocycles. The van der Waals surface area contributed by atoms with Crippen LogP contribution in [0.2, 0.25) is 0 Å². The lowest BCUT2D eigenvalue weighted by Crippen LogP contribution is -2.52. The normalized spacial score (nSPS) is 18.0. The molecule has 2 heterocycles. The van der Waals surface area contributed by atoms with Crippen LogP contribution in [-0.2, 0) is 24.3 Å². The summed E-state index contributed by atoms with van der Waals surface area (Å²) in [5, 5.41) is 0. The van der Waals surface area contributed by atoms with Crippen LogP contribution in [0, 0.1) is 0 Å². The van der Waals surface area contributed by atoms with Gasteiger partial charge in [0, 0.05) is 65.2 Å². The molecule has 3 rings (SSSR count). The molecular weight excluding hydrogens is 460 g/mol. The summed E-state index contributed by atoms with van der Waals surface area (Å²) in [7, 11) is -3.57. The number of sulfonamides is 1. The van der Waals surface area contributed by atoms with Crippen LogP contribution in [0.1, 0.15) is 33.6 Å². The molecule has 2 aliphatic heterocycles. The summed E-state index contributed by atoms with van der Waals surface area (Å²) in [5.74, 6) is -0.278. The molecular formula is C23H34N4O6S. The number of hydrogen-bond donors (Lipinski definition) is 0. The van der Waals surface area contributed by atoms with Gasteiger partial charge in [-0.25, -0.2) is 13.2 Å². The Bertz CT molecular complexity index is 976. The average molecular weight is 495 g/mol. The fourth-order valence-electron chi connectivity index (χ4n) is 3.91. The molecule has 10 nitrogen and oxygen atoms in total. The van der Waals surface area contributed by atoms with Crippen LogP contribution in [0.4, 0.5) is 4.79 Å². The van der Waals surface area contributed by atoms with E-state index in [1.807, 2.05) is 20.8 Å². The highest BCUT2D eigenvalue weighted by Gasteiger charge is 2.31. The van der Waals surface area contributed by atoms with Crippen molar-refractivity contribution in [2.45, 2.75) is 44.1 Å². The topological polar surface area (TPSA) is 108 Å². The van der Waals surface area contributed by atoms with Crippen molar-refractivity contribution in [3.05, 3.63) is 30.3 Å². The minimum atomic E-state index is -3.57. The molecule has 1 aromatic carbocycles. The SMILES string of the molecule is CC(C)(C)OC(=O)N1CCN(C(=O)CCC(=O)N2CCN(S(=O)(=O)c3ccccc3)CC2)CC1. The zero-order valence-corrected chi connectivity index (χ0v) is 20.9. The van der Waals surface area contributed by atoms with E-state index in [1.165, 1.54) is 4.31 Å². The lowest BCUT2D eigenvalue weighted by molar-refractivity contribution is -0.138. The molecule has 0 saturated carbocycles. The Morgan fingerprint density at radius 1 is 0.765 bits per heavy atom. The molecule has 0 radical (unpaired) electrons. The first-order valence-electron chi connectivity index (χ1n) is 11.6. The van der Waals surface area contributed by atoms with Gasteiger partial charge in [0.05, 0.1) is 4.90 Å². The monoisotopic (exact) mass is 494 g/mol. The van der Waals surface area contributed by atoms with Gasteiger partial charge in [0.25, 0.3) is 0 Å². The first-order valence-corrected chi connectivity index (χ1v) is 13.0. The second kappa shape index (κ2) is 10.7. The number of hydrogen-bond acceptors (Lipinski definition) is 6. The van der Waals surface area contributed by atoms with E-state index in [4.69, 9.17) is 4.74 Å². The van der Waals surface area contributed by atoms with Gasteiger partial charge in [0.1, 0.15) is 5.60 Å². The molecule has 3 amide bonds. The highest BCUT2D eigenvalue weighted by atomic mass is 32.2. The molecule has 0 spiro atoms. The van der Waals surface area contributed by atoms with Crippen molar-refractivity contribution in [3.63, 3.8) is 0 Å². The molecule has 34 heavy (non-hydrogen) atoms. The van der Waals surface area contributed by atoms with E-state index in [9.17, 15) is 22.8 Å². The molecule has 2 saturated heterocycles. The lowest BCUT2D eigenvalue weighted by atomic mass is 10.2. The Balaban J connectivity index is 1.40. The van der Waals surface area contributed by atoms with Crippen molar-refractivity contribution in [2.24, 2.45) is 0 Å². The molecule has 0 atom stereocenters. The quantitative estimate of drug-likeness (QED) is 0.612. The summed E-state index contributed by atoms with van der Waals surface area (Å²) in [6.45, 7) is 8.08. The summed E-state index contributed by atoms with van der Waals surface area (Å²) in [6.07, 6.45) is -0.215. The van der Waals surface area contributed by atoms with Gasteiger partial charge in [-0.3, -0.25) is 9.59 Å². The Hall–Kier alpha value is -2.66. The lowest BCUT2D eigenvalue weighted by Gasteiger charge is -2.36. The summed E-state index contributed by atoms with van der Waals surface area (Å²) in [5.41, 5.74) is -0.568. The first-order chi connectivity index (χ1) is 16.0. The second-order valence-corrected chi connectivity index (χ2v) is 11.4. The maximum atomic E-state index is 12.7. The number of piperazine rings is 2. The molecule has 0 unspecified atom stereocenters. The van der Waals surface area contributed by atoms with E-state index in [-0.39, 0.29) is 48.7 Å². The molecule has 1 aromatic rings. The maximum Gasteiger partial charge on any atom is 0.410 e. The third kappa shape index (κ3) is 6.69. The van der Waals surface area contributed by atoms with Gasteiger partial charge in [-0.05, 0) is 32.9 Å². The fourth-order valence-corrected chi connectivity index (χ4v) is 5.36. The Morgan fingerprint density at radius 3 is 1.68 bits per heavy atom. The van der Waals surface area contributed by atoms with Crippen LogP contribution in [-0.4, -0.2) is 103 Å². The van der Waals surface area contributed by atoms with Gasteiger partial charge in [-0.1, -0.05) is 18.2 Å². The van der Waals surface area contributed by atoms with E-state index in [2.05, 4.69) is 0 Å². The highest BCUT2D eigenvalue weighted by molar-refractivity contribution is 7.89. The van der Waals surface area contributed by atoms with Crippen LogP contribution in [0.25, 0.3) is 0 Å². The third-order valence-electron chi connectivity index (χ3n) is 5.81. The number of carbonyl (C=O) groups excluding carboxylic acids is 3. The summed E-state index contributed by atoms with van der Waals surface area (Å²) < 4.78 is 32.2. The second-order valence-electron chi connectivity index (χ2n) is 9.45. The predicted octanol–water partition coefficient (Wildman–Crippen LogP) is 1.38. The van der Waals surface area contributed by atoms with Crippen LogP contribution in [0.3, 0.4) is 0 Å². The van der Waals surface area contributed by atoms with Gasteiger partial charge >= 0.3 is 6.09 Å². The van der Waals surface area contributed by atoms with Crippen molar-refractivity contribution in [2.75, 3.05) is 52.4 Å². The number of amides is 3. The van der Waals surface area contributed by atoms with Gasteiger partial charge < -0.3 is 19.4 Å². The van der Waals surface area contributed by atoms with Gasteiger partial charge in [0.2, 0.25) is 21.8 Å². The number of nitrogens with zero attached hydrogens (tertiary/aromatic N) is 4. The predicted molar refractivity (Wildman–Crippen MR) is 125 cm³/mol. The van der Waals surface area contributed by atoms with Crippen molar-refractivity contribution in [1.29, 1.82) is 0 Å². The van der Waals surface area contributed by atoms with Crippen molar-refractivity contribution >= 4 is 27.9 Å². The zero-order chi connectivity index (χ0) is 24.9. The van der Waals surface area contributed by atoms with E-state index in [0.717, 1.165) is 0 Å². The van der Waals surface area contributed by atoms with Crippen molar-refractivity contribution < 1.29 is 27.5 Å². The summed E-state index contributed by atoms with van der Waals surface area (Å²) in [6, 6.07) is 8.25. The molecule has 2 fully saturated rings. The zero-order valence-electron chi connectivity index (χ0n) is 20.1. The van der Waals surface area contributed by atoms with E-state index in [0.29, 0.717) is 39.3 Å². The summed E-state index contributed by atoms with van der Waals surface area (Å²) in [4.78, 5) is 42.4. The van der Waals surface area contributed by atoms with Gasteiger partial charge in [-0.2, -0.15) is 4.31 Å². The minimum Gasteiger partial charge on any atom is -0.444 e. The Kier molecular flexibility index (Phi) is 8.19. The fraction of sp³-hybridized carbons (Fsp3) is 0.609. The van der Waals surface area contributed by atoms with Crippen molar-refractivity contribution in [1.82, 2.24) is 19.0 Å². The van der Waals surface area contributed by atoms with Crippen LogP contribution >= 0.6 is 0 Å². The van der Waals surface area contributed by atoms with E-state index >= 15 is 0 Å².